The van der Waals surface area contributed by atoms with Crippen molar-refractivity contribution in [3.63, 3.8) is 0 Å². The van der Waals surface area contributed by atoms with Crippen molar-refractivity contribution in [2.75, 3.05) is 19.7 Å². The lowest BCUT2D eigenvalue weighted by atomic mass is 9.93. The molecule has 5 rings (SSSR count). The van der Waals surface area contributed by atoms with Crippen molar-refractivity contribution in [3.8, 4) is 17.0 Å². The second-order valence-corrected chi connectivity index (χ2v) is 8.76. The molecule has 0 radical (unpaired) electrons. The van der Waals surface area contributed by atoms with E-state index < -0.39 is 0 Å². The van der Waals surface area contributed by atoms with Crippen molar-refractivity contribution >= 4 is 10.9 Å². The van der Waals surface area contributed by atoms with Crippen molar-refractivity contribution in [1.82, 2.24) is 14.9 Å². The molecule has 1 fully saturated rings. The first-order valence-electron chi connectivity index (χ1n) is 11.6. The molecule has 33 heavy (non-hydrogen) atoms. The van der Waals surface area contributed by atoms with Crippen LogP contribution in [0.25, 0.3) is 22.0 Å². The number of piperidine rings is 1. The van der Waals surface area contributed by atoms with Gasteiger partial charge >= 0.3 is 0 Å². The van der Waals surface area contributed by atoms with E-state index in [1.807, 2.05) is 24.3 Å². The summed E-state index contributed by atoms with van der Waals surface area (Å²) in [5.74, 6) is 1.02. The fraction of sp³-hybridized carbons (Fsp3) is 0.286. The van der Waals surface area contributed by atoms with Crippen LogP contribution in [0.4, 0.5) is 4.39 Å². The molecule has 4 aromatic rings. The zero-order valence-corrected chi connectivity index (χ0v) is 18.7. The summed E-state index contributed by atoms with van der Waals surface area (Å²) in [4.78, 5) is 11.3. The number of ether oxygens (including phenoxy) is 1. The topological polar surface area (TPSA) is 38.3 Å². The van der Waals surface area contributed by atoms with Crippen molar-refractivity contribution in [3.05, 3.63) is 90.5 Å². The molecule has 0 spiro atoms. The van der Waals surface area contributed by atoms with Gasteiger partial charge in [0.2, 0.25) is 5.88 Å². The van der Waals surface area contributed by atoms with Gasteiger partial charge in [0.15, 0.2) is 0 Å². The van der Waals surface area contributed by atoms with Crippen LogP contribution in [-0.4, -0.2) is 34.6 Å². The number of rotatable bonds is 7. The van der Waals surface area contributed by atoms with Gasteiger partial charge in [-0.25, -0.2) is 14.4 Å². The lowest BCUT2D eigenvalue weighted by Crippen LogP contribution is -2.33. The van der Waals surface area contributed by atoms with Crippen LogP contribution in [0.15, 0.2) is 79.1 Å². The number of hydrogen-bond acceptors (Lipinski definition) is 4. The maximum Gasteiger partial charge on any atom is 0.224 e. The highest BCUT2D eigenvalue weighted by atomic mass is 19.1. The molecule has 1 aromatic heterocycles. The number of nitrogens with zero attached hydrogens (tertiary/aromatic N) is 3. The van der Waals surface area contributed by atoms with Gasteiger partial charge in [0.25, 0.3) is 0 Å². The predicted molar refractivity (Wildman–Crippen MR) is 129 cm³/mol. The third kappa shape index (κ3) is 5.37. The normalized spacial score (nSPS) is 15.1. The quantitative estimate of drug-likeness (QED) is 0.346. The molecule has 0 unspecified atom stereocenters. The Morgan fingerprint density at radius 2 is 1.70 bits per heavy atom. The van der Waals surface area contributed by atoms with Gasteiger partial charge in [-0.1, -0.05) is 48.5 Å². The maximum absolute atomic E-state index is 13.7. The molecule has 0 bridgehead atoms. The Balaban J connectivity index is 1.18. The minimum Gasteiger partial charge on any atom is -0.477 e. The third-order valence-electron chi connectivity index (χ3n) is 6.48. The number of benzene rings is 3. The maximum atomic E-state index is 13.7. The minimum atomic E-state index is -0.247. The standard InChI is InChI=1S/C28H28FN3O/c29-25-8-4-7-23(17-25)24-9-10-27-26(18-24)28(31-20-30-27)33-16-13-21-11-14-32(15-12-21)19-22-5-2-1-3-6-22/h1-10,17-18,20-21H,11-16,19H2. The fourth-order valence-corrected chi connectivity index (χ4v) is 4.59. The van der Waals surface area contributed by atoms with Gasteiger partial charge in [-0.15, -0.1) is 0 Å². The molecule has 0 saturated carbocycles. The molecular weight excluding hydrogens is 413 g/mol. The Bertz CT molecular complexity index is 1210. The monoisotopic (exact) mass is 441 g/mol. The Labute approximate surface area is 194 Å². The molecule has 168 valence electrons. The highest BCUT2D eigenvalue weighted by Crippen LogP contribution is 2.29. The Kier molecular flexibility index (Phi) is 6.58. The van der Waals surface area contributed by atoms with Crippen molar-refractivity contribution in [2.45, 2.75) is 25.8 Å². The molecule has 0 aliphatic carbocycles. The highest BCUT2D eigenvalue weighted by molar-refractivity contribution is 5.88. The summed E-state index contributed by atoms with van der Waals surface area (Å²) in [6.07, 6.45) is 4.96. The number of fused-ring (bicyclic) bond motifs is 1. The molecule has 1 aliphatic heterocycles. The lowest BCUT2D eigenvalue weighted by molar-refractivity contribution is 0.157. The average Bonchev–Trinajstić information content (AvgIpc) is 2.86. The molecule has 4 nitrogen and oxygen atoms in total. The molecule has 1 saturated heterocycles. The zero-order valence-electron chi connectivity index (χ0n) is 18.7. The molecule has 0 atom stereocenters. The van der Waals surface area contributed by atoms with Gasteiger partial charge in [0.1, 0.15) is 12.1 Å². The van der Waals surface area contributed by atoms with Crippen LogP contribution < -0.4 is 4.74 Å². The number of hydrogen-bond donors (Lipinski definition) is 0. The van der Waals surface area contributed by atoms with Crippen LogP contribution in [0, 0.1) is 11.7 Å². The average molecular weight is 442 g/mol. The van der Waals surface area contributed by atoms with Gasteiger partial charge < -0.3 is 4.74 Å². The van der Waals surface area contributed by atoms with E-state index in [1.165, 1.54) is 30.5 Å². The summed E-state index contributed by atoms with van der Waals surface area (Å²) in [6.45, 7) is 3.93. The number of aromatic nitrogens is 2. The Hall–Kier alpha value is -3.31. The first-order valence-corrected chi connectivity index (χ1v) is 11.6. The van der Waals surface area contributed by atoms with E-state index in [4.69, 9.17) is 4.74 Å². The zero-order chi connectivity index (χ0) is 22.5. The van der Waals surface area contributed by atoms with Crippen LogP contribution in [0.1, 0.15) is 24.8 Å². The smallest absolute Gasteiger partial charge is 0.224 e. The van der Waals surface area contributed by atoms with Crippen molar-refractivity contribution in [1.29, 1.82) is 0 Å². The van der Waals surface area contributed by atoms with Gasteiger partial charge in [0, 0.05) is 6.54 Å². The van der Waals surface area contributed by atoms with Gasteiger partial charge in [0.05, 0.1) is 17.5 Å². The summed E-state index contributed by atoms with van der Waals surface area (Å²) in [7, 11) is 0. The van der Waals surface area contributed by atoms with Crippen molar-refractivity contribution < 1.29 is 9.13 Å². The van der Waals surface area contributed by atoms with Crippen LogP contribution >= 0.6 is 0 Å². The summed E-state index contributed by atoms with van der Waals surface area (Å²) < 4.78 is 19.8. The second-order valence-electron chi connectivity index (χ2n) is 8.76. The molecule has 2 heterocycles. The molecule has 0 N–H and O–H groups in total. The van der Waals surface area contributed by atoms with E-state index in [-0.39, 0.29) is 5.82 Å². The lowest BCUT2D eigenvalue weighted by Gasteiger charge is -2.32. The van der Waals surface area contributed by atoms with Crippen LogP contribution in [0.3, 0.4) is 0 Å². The van der Waals surface area contributed by atoms with Gasteiger partial charge in [-0.05, 0) is 79.2 Å². The Morgan fingerprint density at radius 1 is 0.879 bits per heavy atom. The predicted octanol–water partition coefficient (Wildman–Crippen LogP) is 6.12. The largest absolute Gasteiger partial charge is 0.477 e. The van der Waals surface area contributed by atoms with E-state index in [0.717, 1.165) is 48.1 Å². The number of likely N-dealkylation sites (tertiary alicyclic amines) is 1. The first kappa shape index (κ1) is 21.5. The highest BCUT2D eigenvalue weighted by Gasteiger charge is 2.19. The van der Waals surface area contributed by atoms with Gasteiger partial charge in [-0.2, -0.15) is 0 Å². The van der Waals surface area contributed by atoms with E-state index >= 15 is 0 Å². The SMILES string of the molecule is Fc1cccc(-c2ccc3ncnc(OCCC4CCN(Cc5ccccc5)CC4)c3c2)c1. The summed E-state index contributed by atoms with van der Waals surface area (Å²) in [5.41, 5.74) is 3.96. The van der Waals surface area contributed by atoms with Crippen LogP contribution in [0.2, 0.25) is 0 Å². The van der Waals surface area contributed by atoms with Crippen molar-refractivity contribution in [2.24, 2.45) is 5.92 Å². The molecule has 5 heteroatoms. The van der Waals surface area contributed by atoms with Gasteiger partial charge in [-0.3, -0.25) is 4.90 Å². The first-order chi connectivity index (χ1) is 16.2. The summed E-state index contributed by atoms with van der Waals surface area (Å²) in [6, 6.07) is 23.2. The van der Waals surface area contributed by atoms with E-state index in [2.05, 4.69) is 45.2 Å². The van der Waals surface area contributed by atoms with E-state index in [0.29, 0.717) is 18.4 Å². The van der Waals surface area contributed by atoms with E-state index in [1.54, 1.807) is 12.4 Å². The molecule has 3 aromatic carbocycles. The summed E-state index contributed by atoms with van der Waals surface area (Å²) in [5, 5.41) is 0.858. The molecule has 0 amide bonds. The third-order valence-corrected chi connectivity index (χ3v) is 6.48. The second kappa shape index (κ2) is 10.1. The van der Waals surface area contributed by atoms with E-state index in [9.17, 15) is 4.39 Å². The summed E-state index contributed by atoms with van der Waals surface area (Å²) >= 11 is 0. The van der Waals surface area contributed by atoms with Crippen LogP contribution in [0.5, 0.6) is 5.88 Å². The fourth-order valence-electron chi connectivity index (χ4n) is 4.59. The Morgan fingerprint density at radius 3 is 2.52 bits per heavy atom. The molecule has 1 aliphatic rings. The molecular formula is C28H28FN3O. The minimum absolute atomic E-state index is 0.247. The number of halogens is 1. The van der Waals surface area contributed by atoms with Crippen LogP contribution in [-0.2, 0) is 6.54 Å².